The molecule has 0 aliphatic carbocycles. The Balaban J connectivity index is 1.84. The number of nitrogens with one attached hydrogen (secondary N) is 1. The number of carbonyl (C=O) groups is 1. The highest BCUT2D eigenvalue weighted by Crippen LogP contribution is 2.44. The molecule has 0 spiro atoms. The molecule has 7 heteroatoms. The first-order chi connectivity index (χ1) is 11.6. The topological polar surface area (TPSA) is 63.2 Å². The highest BCUT2D eigenvalue weighted by atomic mass is 35.5. The van der Waals surface area contributed by atoms with E-state index >= 15 is 0 Å². The van der Waals surface area contributed by atoms with Gasteiger partial charge in [0.15, 0.2) is 11.5 Å². The first kappa shape index (κ1) is 14.8. The Hall–Kier alpha value is -2.73. The standard InChI is InChI=1S/C17H14ClN3O3/c1-23-14-6-10-13(7-15(14)24-2)19-8-21-16(10)20-12-4-3-9(18)5-11(12)17(21)22/h3-8,16,20H,1-2H3. The summed E-state index contributed by atoms with van der Waals surface area (Å²) in [4.78, 5) is 18.7. The number of hydrogen-bond donors (Lipinski definition) is 1. The maximum absolute atomic E-state index is 12.8. The lowest BCUT2D eigenvalue weighted by molar-refractivity contribution is 0.0808. The van der Waals surface area contributed by atoms with Crippen molar-refractivity contribution in [3.8, 4) is 11.5 Å². The molecule has 0 fully saturated rings. The maximum Gasteiger partial charge on any atom is 0.263 e. The third-order valence-corrected chi connectivity index (χ3v) is 4.40. The number of amides is 1. The number of halogens is 1. The van der Waals surface area contributed by atoms with Gasteiger partial charge in [-0.2, -0.15) is 0 Å². The van der Waals surface area contributed by atoms with Crippen LogP contribution in [0, 0.1) is 0 Å². The lowest BCUT2D eigenvalue weighted by Gasteiger charge is -2.38. The molecule has 0 radical (unpaired) electrons. The van der Waals surface area contributed by atoms with Crippen molar-refractivity contribution in [1.82, 2.24) is 4.90 Å². The van der Waals surface area contributed by atoms with Crippen molar-refractivity contribution in [2.75, 3.05) is 19.5 Å². The first-order valence-corrected chi connectivity index (χ1v) is 7.69. The fourth-order valence-corrected chi connectivity index (χ4v) is 3.15. The van der Waals surface area contributed by atoms with Crippen molar-refractivity contribution < 1.29 is 14.3 Å². The Morgan fingerprint density at radius 2 is 1.92 bits per heavy atom. The fraction of sp³-hybridized carbons (Fsp3) is 0.176. The van der Waals surface area contributed by atoms with Crippen LogP contribution in [-0.4, -0.2) is 31.4 Å². The van der Waals surface area contributed by atoms with Crippen LogP contribution in [0.25, 0.3) is 0 Å². The number of rotatable bonds is 2. The van der Waals surface area contributed by atoms with Crippen molar-refractivity contribution in [3.63, 3.8) is 0 Å². The SMILES string of the molecule is COc1cc2c(cc1OC)C1Nc3ccc(Cl)cc3C(=O)N1C=N2. The van der Waals surface area contributed by atoms with Gasteiger partial charge in [0.25, 0.3) is 5.91 Å². The summed E-state index contributed by atoms with van der Waals surface area (Å²) in [6.45, 7) is 0. The molecule has 0 saturated heterocycles. The number of fused-ring (bicyclic) bond motifs is 4. The lowest BCUT2D eigenvalue weighted by atomic mass is 10.0. The normalized spacial score (nSPS) is 17.5. The molecule has 24 heavy (non-hydrogen) atoms. The van der Waals surface area contributed by atoms with Gasteiger partial charge in [0, 0.05) is 22.3 Å². The first-order valence-electron chi connectivity index (χ1n) is 7.31. The van der Waals surface area contributed by atoms with E-state index in [9.17, 15) is 4.79 Å². The molecule has 0 saturated carbocycles. The summed E-state index contributed by atoms with van der Waals surface area (Å²) in [5, 5.41) is 3.88. The van der Waals surface area contributed by atoms with Crippen LogP contribution < -0.4 is 14.8 Å². The zero-order chi connectivity index (χ0) is 16.8. The summed E-state index contributed by atoms with van der Waals surface area (Å²) in [5.41, 5.74) is 2.83. The third kappa shape index (κ3) is 2.11. The summed E-state index contributed by atoms with van der Waals surface area (Å²) >= 11 is 6.01. The second-order valence-corrected chi connectivity index (χ2v) is 5.90. The molecule has 2 aromatic carbocycles. The molecule has 2 aliphatic rings. The number of hydrogen-bond acceptors (Lipinski definition) is 5. The minimum absolute atomic E-state index is 0.152. The van der Waals surface area contributed by atoms with Crippen LogP contribution >= 0.6 is 11.6 Å². The maximum atomic E-state index is 12.8. The van der Waals surface area contributed by atoms with E-state index in [1.165, 1.54) is 6.34 Å². The Kier molecular flexibility index (Phi) is 3.35. The van der Waals surface area contributed by atoms with Crippen molar-refractivity contribution >= 4 is 35.2 Å². The van der Waals surface area contributed by atoms with Gasteiger partial charge >= 0.3 is 0 Å². The second-order valence-electron chi connectivity index (χ2n) is 5.46. The number of ether oxygens (including phenoxy) is 2. The van der Waals surface area contributed by atoms with Crippen molar-refractivity contribution in [1.29, 1.82) is 0 Å². The monoisotopic (exact) mass is 343 g/mol. The molecule has 1 unspecified atom stereocenters. The molecular formula is C17H14ClN3O3. The smallest absolute Gasteiger partial charge is 0.263 e. The number of methoxy groups -OCH3 is 2. The Morgan fingerprint density at radius 3 is 2.67 bits per heavy atom. The van der Waals surface area contributed by atoms with E-state index in [-0.39, 0.29) is 12.1 Å². The van der Waals surface area contributed by atoms with Gasteiger partial charge < -0.3 is 14.8 Å². The molecule has 2 heterocycles. The van der Waals surface area contributed by atoms with Crippen LogP contribution in [-0.2, 0) is 0 Å². The molecule has 122 valence electrons. The van der Waals surface area contributed by atoms with Gasteiger partial charge in [-0.3, -0.25) is 9.69 Å². The molecule has 1 atom stereocenters. The summed E-state index contributed by atoms with van der Waals surface area (Å²) in [7, 11) is 3.15. The van der Waals surface area contributed by atoms with Gasteiger partial charge in [-0.05, 0) is 24.3 Å². The average Bonchev–Trinajstić information content (AvgIpc) is 2.61. The number of anilines is 1. The van der Waals surface area contributed by atoms with Crippen LogP contribution in [0.5, 0.6) is 11.5 Å². The largest absolute Gasteiger partial charge is 0.493 e. The van der Waals surface area contributed by atoms with E-state index in [0.29, 0.717) is 22.1 Å². The highest BCUT2D eigenvalue weighted by molar-refractivity contribution is 6.31. The zero-order valence-electron chi connectivity index (χ0n) is 13.0. The van der Waals surface area contributed by atoms with Gasteiger partial charge in [0.2, 0.25) is 0 Å². The molecule has 1 amide bonds. The third-order valence-electron chi connectivity index (χ3n) is 4.17. The van der Waals surface area contributed by atoms with Crippen LogP contribution in [0.15, 0.2) is 35.3 Å². The Labute approximate surface area is 143 Å². The number of aliphatic imine (C=N–C) groups is 1. The molecule has 1 N–H and O–H groups in total. The summed E-state index contributed by atoms with van der Waals surface area (Å²) in [6.07, 6.45) is 1.16. The Morgan fingerprint density at radius 1 is 1.17 bits per heavy atom. The molecule has 0 bridgehead atoms. The average molecular weight is 344 g/mol. The molecule has 0 aromatic heterocycles. The van der Waals surface area contributed by atoms with E-state index < -0.39 is 0 Å². The molecule has 2 aliphatic heterocycles. The van der Waals surface area contributed by atoms with E-state index in [1.54, 1.807) is 43.4 Å². The zero-order valence-corrected chi connectivity index (χ0v) is 13.8. The van der Waals surface area contributed by atoms with E-state index in [4.69, 9.17) is 21.1 Å². The quantitative estimate of drug-likeness (QED) is 0.905. The summed E-state index contributed by atoms with van der Waals surface area (Å²) in [5.74, 6) is 1.03. The summed E-state index contributed by atoms with van der Waals surface area (Å²) in [6, 6.07) is 8.84. The number of nitrogens with zero attached hydrogens (tertiary/aromatic N) is 2. The number of carbonyl (C=O) groups excluding carboxylic acids is 1. The van der Waals surface area contributed by atoms with Gasteiger partial charge in [-0.25, -0.2) is 4.99 Å². The van der Waals surface area contributed by atoms with E-state index in [0.717, 1.165) is 16.9 Å². The minimum Gasteiger partial charge on any atom is -0.493 e. The molecular weight excluding hydrogens is 330 g/mol. The second kappa shape index (κ2) is 5.42. The molecule has 6 nitrogen and oxygen atoms in total. The van der Waals surface area contributed by atoms with E-state index in [2.05, 4.69) is 10.3 Å². The predicted molar refractivity (Wildman–Crippen MR) is 91.7 cm³/mol. The van der Waals surface area contributed by atoms with Crippen LogP contribution in [0.1, 0.15) is 22.1 Å². The lowest BCUT2D eigenvalue weighted by Crippen LogP contribution is -2.43. The molecule has 2 aromatic rings. The fourth-order valence-electron chi connectivity index (χ4n) is 2.98. The van der Waals surface area contributed by atoms with Gasteiger partial charge in [-0.1, -0.05) is 11.6 Å². The van der Waals surface area contributed by atoms with Crippen LogP contribution in [0.3, 0.4) is 0 Å². The van der Waals surface area contributed by atoms with Gasteiger partial charge in [0.1, 0.15) is 12.5 Å². The van der Waals surface area contributed by atoms with Crippen LogP contribution in [0.2, 0.25) is 5.02 Å². The minimum atomic E-state index is -0.363. The predicted octanol–water partition coefficient (Wildman–Crippen LogP) is 3.60. The van der Waals surface area contributed by atoms with E-state index in [1.807, 2.05) is 6.07 Å². The van der Waals surface area contributed by atoms with Gasteiger partial charge in [-0.15, -0.1) is 0 Å². The highest BCUT2D eigenvalue weighted by Gasteiger charge is 2.36. The summed E-state index contributed by atoms with van der Waals surface area (Å²) < 4.78 is 10.7. The van der Waals surface area contributed by atoms with Crippen molar-refractivity contribution in [2.45, 2.75) is 6.17 Å². The Bertz CT molecular complexity index is 882. The molecule has 4 rings (SSSR count). The van der Waals surface area contributed by atoms with Crippen molar-refractivity contribution in [2.24, 2.45) is 4.99 Å². The number of benzene rings is 2. The van der Waals surface area contributed by atoms with Gasteiger partial charge in [0.05, 0.1) is 25.5 Å². The van der Waals surface area contributed by atoms with Crippen LogP contribution in [0.4, 0.5) is 11.4 Å². The van der Waals surface area contributed by atoms with Crippen molar-refractivity contribution in [3.05, 3.63) is 46.5 Å².